The van der Waals surface area contributed by atoms with E-state index < -0.39 is 20.0 Å². The third-order valence-corrected chi connectivity index (χ3v) is 12.5. The van der Waals surface area contributed by atoms with E-state index in [9.17, 15) is 16.8 Å². The van der Waals surface area contributed by atoms with Gasteiger partial charge in [-0.3, -0.25) is 4.98 Å². The largest absolute Gasteiger partial charge is 0.490 e. The molecular formula is C29H35N3O5S2. The molecule has 0 amide bonds. The number of benzene rings is 2. The van der Waals surface area contributed by atoms with Crippen LogP contribution in [0.2, 0.25) is 0 Å². The molecule has 0 spiro atoms. The highest BCUT2D eigenvalue weighted by Crippen LogP contribution is 2.40. The lowest BCUT2D eigenvalue weighted by atomic mass is 10.0. The van der Waals surface area contributed by atoms with E-state index >= 15 is 0 Å². The number of sulfonamides is 2. The summed E-state index contributed by atoms with van der Waals surface area (Å²) in [7, 11) is -7.09. The van der Waals surface area contributed by atoms with E-state index in [1.54, 1.807) is 33.1 Å². The Morgan fingerprint density at radius 2 is 1.59 bits per heavy atom. The van der Waals surface area contributed by atoms with Gasteiger partial charge in [-0.05, 0) is 73.6 Å². The summed E-state index contributed by atoms with van der Waals surface area (Å²) in [5.74, 6) is 0.821. The number of hydrogen-bond donors (Lipinski definition) is 0. The molecule has 39 heavy (non-hydrogen) atoms. The molecule has 3 saturated heterocycles. The fourth-order valence-electron chi connectivity index (χ4n) is 6.73. The van der Waals surface area contributed by atoms with Crippen molar-refractivity contribution in [1.82, 2.24) is 13.6 Å². The van der Waals surface area contributed by atoms with Gasteiger partial charge in [0.25, 0.3) is 0 Å². The first-order valence-corrected chi connectivity index (χ1v) is 16.9. The molecule has 8 nitrogen and oxygen atoms in total. The maximum absolute atomic E-state index is 13.5. The van der Waals surface area contributed by atoms with Crippen LogP contribution in [0.5, 0.6) is 5.75 Å². The summed E-state index contributed by atoms with van der Waals surface area (Å²) in [5.41, 5.74) is 0. The van der Waals surface area contributed by atoms with Gasteiger partial charge in [0.1, 0.15) is 11.9 Å². The lowest BCUT2D eigenvalue weighted by Gasteiger charge is -2.38. The van der Waals surface area contributed by atoms with Gasteiger partial charge < -0.3 is 4.74 Å². The summed E-state index contributed by atoms with van der Waals surface area (Å²) in [4.78, 5) is 4.32. The molecule has 0 radical (unpaired) electrons. The molecule has 3 aromatic rings. The highest BCUT2D eigenvalue weighted by Gasteiger charge is 2.47. The fourth-order valence-corrected chi connectivity index (χ4v) is 10.5. The Hall–Kier alpha value is -2.53. The zero-order valence-corrected chi connectivity index (χ0v) is 23.6. The summed E-state index contributed by atoms with van der Waals surface area (Å²) < 4.78 is 63.4. The normalized spacial score (nSPS) is 26.3. The van der Waals surface area contributed by atoms with Crippen LogP contribution in [0, 0.1) is 0 Å². The maximum atomic E-state index is 13.5. The Labute approximate surface area is 231 Å². The monoisotopic (exact) mass is 569 g/mol. The van der Waals surface area contributed by atoms with E-state index in [0.29, 0.717) is 37.1 Å². The van der Waals surface area contributed by atoms with Crippen molar-refractivity contribution in [3.8, 4) is 5.75 Å². The second-order valence-electron chi connectivity index (χ2n) is 11.0. The number of hydrogen-bond acceptors (Lipinski definition) is 6. The van der Waals surface area contributed by atoms with E-state index in [1.165, 1.54) is 0 Å². The Morgan fingerprint density at radius 3 is 2.33 bits per heavy atom. The van der Waals surface area contributed by atoms with E-state index in [2.05, 4.69) is 4.98 Å². The average molecular weight is 570 g/mol. The van der Waals surface area contributed by atoms with Crippen LogP contribution in [0.15, 0.2) is 71.9 Å². The summed E-state index contributed by atoms with van der Waals surface area (Å²) in [5, 5.41) is 1.89. The molecule has 0 aliphatic carbocycles. The highest BCUT2D eigenvalue weighted by molar-refractivity contribution is 7.89. The molecule has 4 heterocycles. The number of rotatable bonds is 9. The molecule has 2 aromatic carbocycles. The summed E-state index contributed by atoms with van der Waals surface area (Å²) in [6.45, 7) is 0.474. The first kappa shape index (κ1) is 26.7. The van der Waals surface area contributed by atoms with E-state index in [1.807, 2.05) is 42.5 Å². The molecule has 0 saturated carbocycles. The molecule has 3 fully saturated rings. The number of aromatic nitrogens is 1. The van der Waals surface area contributed by atoms with Crippen LogP contribution in [-0.2, 0) is 20.0 Å². The highest BCUT2D eigenvalue weighted by atomic mass is 32.2. The molecule has 2 bridgehead atoms. The molecule has 6 rings (SSSR count). The first-order chi connectivity index (χ1) is 18.8. The minimum atomic E-state index is -3.65. The second kappa shape index (κ2) is 10.8. The quantitative estimate of drug-likeness (QED) is 0.375. The fraction of sp³-hybridized carbons (Fsp3) is 0.483. The third-order valence-electron chi connectivity index (χ3n) is 8.49. The minimum Gasteiger partial charge on any atom is -0.490 e. The van der Waals surface area contributed by atoms with Crippen molar-refractivity contribution < 1.29 is 21.6 Å². The van der Waals surface area contributed by atoms with Gasteiger partial charge in [-0.25, -0.2) is 16.8 Å². The predicted octanol–water partition coefficient (Wildman–Crippen LogP) is 4.57. The van der Waals surface area contributed by atoms with Crippen molar-refractivity contribution in [3.05, 3.63) is 67.0 Å². The first-order valence-electron chi connectivity index (χ1n) is 13.9. The van der Waals surface area contributed by atoms with Crippen molar-refractivity contribution in [1.29, 1.82) is 0 Å². The van der Waals surface area contributed by atoms with Crippen LogP contribution in [0.1, 0.15) is 51.4 Å². The Bertz CT molecular complexity index is 1520. The van der Waals surface area contributed by atoms with Crippen molar-refractivity contribution >= 4 is 30.8 Å². The Kier molecular flexibility index (Phi) is 7.39. The van der Waals surface area contributed by atoms with Crippen molar-refractivity contribution in [3.63, 3.8) is 0 Å². The van der Waals surface area contributed by atoms with Crippen LogP contribution in [0.4, 0.5) is 0 Å². The van der Waals surface area contributed by atoms with Crippen LogP contribution < -0.4 is 4.74 Å². The molecule has 208 valence electrons. The van der Waals surface area contributed by atoms with Crippen LogP contribution >= 0.6 is 0 Å². The van der Waals surface area contributed by atoms with Crippen molar-refractivity contribution in [2.45, 2.75) is 80.5 Å². The van der Waals surface area contributed by atoms with Crippen LogP contribution in [0.3, 0.4) is 0 Å². The molecule has 10 heteroatoms. The third kappa shape index (κ3) is 5.44. The van der Waals surface area contributed by atoms with Gasteiger partial charge in [0.05, 0.1) is 10.6 Å². The van der Waals surface area contributed by atoms with Gasteiger partial charge in [0, 0.05) is 49.9 Å². The number of pyridine rings is 1. The summed E-state index contributed by atoms with van der Waals surface area (Å²) in [6, 6.07) is 16.4. The maximum Gasteiger partial charge on any atom is 0.243 e. The lowest BCUT2D eigenvalue weighted by molar-refractivity contribution is 0.0956. The molecular weight excluding hydrogens is 534 g/mol. The Balaban J connectivity index is 1.07. The van der Waals surface area contributed by atoms with Gasteiger partial charge in [0.2, 0.25) is 20.0 Å². The minimum absolute atomic E-state index is 0.00344. The van der Waals surface area contributed by atoms with E-state index in [-0.39, 0.29) is 30.0 Å². The summed E-state index contributed by atoms with van der Waals surface area (Å²) >= 11 is 0. The van der Waals surface area contributed by atoms with Crippen LogP contribution in [0.25, 0.3) is 10.8 Å². The smallest absolute Gasteiger partial charge is 0.243 e. The van der Waals surface area contributed by atoms with Crippen molar-refractivity contribution in [2.75, 3.05) is 12.3 Å². The topological polar surface area (TPSA) is 96.9 Å². The van der Waals surface area contributed by atoms with Gasteiger partial charge in [-0.2, -0.15) is 8.61 Å². The number of ether oxygens (including phenoxy) is 1. The lowest BCUT2D eigenvalue weighted by Crippen LogP contribution is -2.50. The standard InChI is InChI=1S/C29H35N3O5S2/c33-38(34,32-25-10-11-26(32)21-28(20-25)37-27-13-15-30-16-14-27)18-4-8-24-7-3-17-31(24)39(35,36)29-12-9-22-5-1-2-6-23(22)19-29/h1-2,5-6,9,12-16,19,24-26,28H,3-4,7-8,10-11,17-18,20-21H2/t24-,25-,26+,28?/m0/s1. The number of piperidine rings is 1. The van der Waals surface area contributed by atoms with E-state index in [0.717, 1.165) is 42.2 Å². The molecule has 3 aliphatic heterocycles. The van der Waals surface area contributed by atoms with Crippen LogP contribution in [-0.4, -0.2) is 67.0 Å². The number of nitrogens with zero attached hydrogens (tertiary/aromatic N) is 3. The molecule has 1 unspecified atom stereocenters. The zero-order chi connectivity index (χ0) is 27.0. The SMILES string of the molecule is O=S(=O)(CCC[C@@H]1CCCN1S(=O)(=O)c1ccc2ccccc2c1)N1[C@@H]2CC[C@H]1CC(Oc1ccncc1)C2. The average Bonchev–Trinajstić information content (AvgIpc) is 3.52. The second-order valence-corrected chi connectivity index (χ2v) is 14.9. The molecule has 0 N–H and O–H groups in total. The van der Waals surface area contributed by atoms with Gasteiger partial charge >= 0.3 is 0 Å². The van der Waals surface area contributed by atoms with Gasteiger partial charge in [-0.1, -0.05) is 30.3 Å². The zero-order valence-electron chi connectivity index (χ0n) is 21.9. The van der Waals surface area contributed by atoms with Gasteiger partial charge in [-0.15, -0.1) is 0 Å². The van der Waals surface area contributed by atoms with Gasteiger partial charge in [0.15, 0.2) is 0 Å². The Morgan fingerprint density at radius 1 is 0.872 bits per heavy atom. The molecule has 3 aliphatic rings. The van der Waals surface area contributed by atoms with Crippen molar-refractivity contribution in [2.24, 2.45) is 0 Å². The summed E-state index contributed by atoms with van der Waals surface area (Å²) in [6.07, 6.45) is 9.05. The molecule has 1 aromatic heterocycles. The number of fused-ring (bicyclic) bond motifs is 3. The van der Waals surface area contributed by atoms with E-state index in [4.69, 9.17) is 4.74 Å². The predicted molar refractivity (Wildman–Crippen MR) is 150 cm³/mol. The molecule has 4 atom stereocenters.